The Morgan fingerprint density at radius 3 is 2.54 bits per heavy atom. The number of carbonyl (C=O) groups is 1. The third kappa shape index (κ3) is 4.74. The maximum atomic E-state index is 12.8. The zero-order valence-electron chi connectivity index (χ0n) is 16.1. The van der Waals surface area contributed by atoms with Gasteiger partial charge in [0, 0.05) is 17.1 Å². The van der Waals surface area contributed by atoms with E-state index in [-0.39, 0.29) is 17.5 Å². The van der Waals surface area contributed by atoms with Crippen molar-refractivity contribution in [2.45, 2.75) is 45.3 Å². The van der Waals surface area contributed by atoms with Crippen LogP contribution in [0, 0.1) is 0 Å². The second-order valence-electron chi connectivity index (χ2n) is 8.29. The van der Waals surface area contributed by atoms with E-state index in [0.717, 1.165) is 39.1 Å². The molecular formula is C20H31N4OS+. The molecule has 26 heavy (non-hydrogen) atoms. The highest BCUT2D eigenvalue weighted by Crippen LogP contribution is 2.21. The molecule has 1 aromatic rings. The van der Waals surface area contributed by atoms with Gasteiger partial charge in [0.1, 0.15) is 6.54 Å². The molecule has 1 atom stereocenters. The van der Waals surface area contributed by atoms with Crippen molar-refractivity contribution < 1.29 is 9.69 Å². The van der Waals surface area contributed by atoms with E-state index in [1.165, 1.54) is 5.56 Å². The zero-order chi connectivity index (χ0) is 18.7. The number of carbonyl (C=O) groups excluding carboxylic acids is 1. The Kier molecular flexibility index (Phi) is 5.82. The number of nitrogens with zero attached hydrogens (tertiary/aromatic N) is 2. The topological polar surface area (TPSA) is 40.0 Å². The van der Waals surface area contributed by atoms with Crippen molar-refractivity contribution in [2.24, 2.45) is 0 Å². The summed E-state index contributed by atoms with van der Waals surface area (Å²) in [5, 5.41) is 4.07. The van der Waals surface area contributed by atoms with Crippen LogP contribution in [0.5, 0.6) is 0 Å². The van der Waals surface area contributed by atoms with Crippen LogP contribution in [0.15, 0.2) is 30.3 Å². The number of nitrogens with one attached hydrogen (secondary N) is 2. The predicted molar refractivity (Wildman–Crippen MR) is 108 cm³/mol. The number of piperazine rings is 1. The van der Waals surface area contributed by atoms with Crippen LogP contribution in [0.4, 0.5) is 0 Å². The number of quaternary nitrogens is 1. The Morgan fingerprint density at radius 1 is 1.27 bits per heavy atom. The van der Waals surface area contributed by atoms with Crippen molar-refractivity contribution in [3.05, 3.63) is 35.9 Å². The molecule has 2 aliphatic rings. The highest BCUT2D eigenvalue weighted by molar-refractivity contribution is 7.80. The molecule has 142 valence electrons. The van der Waals surface area contributed by atoms with Gasteiger partial charge < -0.3 is 20.0 Å². The van der Waals surface area contributed by atoms with Crippen molar-refractivity contribution in [1.82, 2.24) is 15.1 Å². The van der Waals surface area contributed by atoms with Gasteiger partial charge >= 0.3 is 0 Å². The molecule has 2 heterocycles. The third-order valence-electron chi connectivity index (χ3n) is 5.47. The van der Waals surface area contributed by atoms with Crippen LogP contribution >= 0.6 is 12.2 Å². The lowest BCUT2D eigenvalue weighted by Crippen LogP contribution is -3.13. The molecule has 0 bridgehead atoms. The average Bonchev–Trinajstić information content (AvgIpc) is 2.59. The SMILES string of the molecule is CC1CC(C)(C)NC(=S)N1CC(=O)N1CC[NH+](Cc2ccccc2)CC1. The van der Waals surface area contributed by atoms with E-state index >= 15 is 0 Å². The summed E-state index contributed by atoms with van der Waals surface area (Å²) in [7, 11) is 0. The summed E-state index contributed by atoms with van der Waals surface area (Å²) >= 11 is 5.50. The van der Waals surface area contributed by atoms with Crippen molar-refractivity contribution in [3.8, 4) is 0 Å². The van der Waals surface area contributed by atoms with Crippen LogP contribution in [-0.2, 0) is 11.3 Å². The molecule has 2 aliphatic heterocycles. The minimum Gasteiger partial charge on any atom is -0.358 e. The molecule has 3 rings (SSSR count). The van der Waals surface area contributed by atoms with Crippen molar-refractivity contribution in [2.75, 3.05) is 32.7 Å². The fourth-order valence-corrected chi connectivity index (χ4v) is 4.59. The second kappa shape index (κ2) is 7.92. The smallest absolute Gasteiger partial charge is 0.242 e. The largest absolute Gasteiger partial charge is 0.358 e. The molecule has 2 saturated heterocycles. The van der Waals surface area contributed by atoms with Crippen molar-refractivity contribution in [1.29, 1.82) is 0 Å². The minimum absolute atomic E-state index is 0.00245. The summed E-state index contributed by atoms with van der Waals surface area (Å²) in [4.78, 5) is 18.4. The highest BCUT2D eigenvalue weighted by atomic mass is 32.1. The fraction of sp³-hybridized carbons (Fsp3) is 0.600. The van der Waals surface area contributed by atoms with E-state index in [1.807, 2.05) is 9.80 Å². The molecule has 6 heteroatoms. The normalized spacial score (nSPS) is 23.7. The maximum absolute atomic E-state index is 12.8. The van der Waals surface area contributed by atoms with Crippen LogP contribution in [-0.4, -0.2) is 65.1 Å². The number of hydrogen-bond acceptors (Lipinski definition) is 2. The minimum atomic E-state index is 0.00245. The lowest BCUT2D eigenvalue weighted by Gasteiger charge is -2.45. The van der Waals surface area contributed by atoms with Gasteiger partial charge in [-0.25, -0.2) is 0 Å². The standard InChI is InChI=1S/C20H30N4OS/c1-16-13-20(2,3)21-19(26)24(16)15-18(25)23-11-9-22(10-12-23)14-17-7-5-4-6-8-17/h4-8,16H,9-15H2,1-3H3,(H,21,26)/p+1. The van der Waals surface area contributed by atoms with Gasteiger partial charge in [0.05, 0.1) is 32.7 Å². The predicted octanol–water partition coefficient (Wildman–Crippen LogP) is 0.661. The summed E-state index contributed by atoms with van der Waals surface area (Å²) in [5.74, 6) is 0.194. The average molecular weight is 376 g/mol. The monoisotopic (exact) mass is 375 g/mol. The number of amides is 1. The first-order valence-corrected chi connectivity index (χ1v) is 9.99. The molecule has 1 unspecified atom stereocenters. The lowest BCUT2D eigenvalue weighted by molar-refractivity contribution is -0.917. The van der Waals surface area contributed by atoms with E-state index in [2.05, 4.69) is 56.4 Å². The molecule has 2 fully saturated rings. The summed E-state index contributed by atoms with van der Waals surface area (Å²) in [6.45, 7) is 11.6. The molecule has 1 amide bonds. The third-order valence-corrected chi connectivity index (χ3v) is 5.81. The van der Waals surface area contributed by atoms with Gasteiger partial charge in [0.15, 0.2) is 5.11 Å². The van der Waals surface area contributed by atoms with Gasteiger partial charge in [-0.1, -0.05) is 30.3 Å². The Balaban J connectivity index is 1.49. The molecule has 2 N–H and O–H groups in total. The Labute approximate surface area is 162 Å². The van der Waals surface area contributed by atoms with Gasteiger partial charge in [0.25, 0.3) is 0 Å². The second-order valence-corrected chi connectivity index (χ2v) is 8.67. The molecule has 0 spiro atoms. The summed E-state index contributed by atoms with van der Waals surface area (Å²) < 4.78 is 0. The summed E-state index contributed by atoms with van der Waals surface area (Å²) in [6.07, 6.45) is 0.982. The molecule has 5 nitrogen and oxygen atoms in total. The molecule has 1 aromatic carbocycles. The Bertz CT molecular complexity index is 640. The van der Waals surface area contributed by atoms with Gasteiger partial charge in [-0.2, -0.15) is 0 Å². The highest BCUT2D eigenvalue weighted by Gasteiger charge is 2.35. The lowest BCUT2D eigenvalue weighted by atomic mass is 9.93. The van der Waals surface area contributed by atoms with Crippen molar-refractivity contribution in [3.63, 3.8) is 0 Å². The maximum Gasteiger partial charge on any atom is 0.242 e. The first-order chi connectivity index (χ1) is 12.3. The Hall–Kier alpha value is -1.66. The van der Waals surface area contributed by atoms with E-state index < -0.39 is 0 Å². The Morgan fingerprint density at radius 2 is 1.92 bits per heavy atom. The fourth-order valence-electron chi connectivity index (χ4n) is 4.07. The number of rotatable bonds is 4. The van der Waals surface area contributed by atoms with E-state index in [0.29, 0.717) is 11.7 Å². The first kappa shape index (κ1) is 19.1. The molecule has 0 radical (unpaired) electrons. The van der Waals surface area contributed by atoms with Crippen LogP contribution < -0.4 is 10.2 Å². The number of hydrogen-bond donors (Lipinski definition) is 2. The van der Waals surface area contributed by atoms with Crippen LogP contribution in [0.2, 0.25) is 0 Å². The van der Waals surface area contributed by atoms with E-state index in [1.54, 1.807) is 4.90 Å². The van der Waals surface area contributed by atoms with Gasteiger partial charge in [0.2, 0.25) is 5.91 Å². The van der Waals surface area contributed by atoms with Crippen LogP contribution in [0.3, 0.4) is 0 Å². The molecular weight excluding hydrogens is 344 g/mol. The van der Waals surface area contributed by atoms with Crippen molar-refractivity contribution >= 4 is 23.2 Å². The van der Waals surface area contributed by atoms with Gasteiger partial charge in [-0.3, -0.25) is 4.79 Å². The summed E-state index contributed by atoms with van der Waals surface area (Å²) in [5.41, 5.74) is 1.37. The summed E-state index contributed by atoms with van der Waals surface area (Å²) in [6, 6.07) is 10.9. The zero-order valence-corrected chi connectivity index (χ0v) is 16.9. The number of benzene rings is 1. The van der Waals surface area contributed by atoms with Gasteiger partial charge in [-0.05, 0) is 39.4 Å². The molecule has 0 saturated carbocycles. The quantitative estimate of drug-likeness (QED) is 0.759. The number of thiocarbonyl (C=S) groups is 1. The van der Waals surface area contributed by atoms with Crippen LogP contribution in [0.25, 0.3) is 0 Å². The molecule has 0 aromatic heterocycles. The molecule has 0 aliphatic carbocycles. The van der Waals surface area contributed by atoms with Crippen LogP contribution in [0.1, 0.15) is 32.8 Å². The van der Waals surface area contributed by atoms with Gasteiger partial charge in [-0.15, -0.1) is 0 Å². The van der Waals surface area contributed by atoms with E-state index in [4.69, 9.17) is 12.2 Å². The van der Waals surface area contributed by atoms with E-state index in [9.17, 15) is 4.79 Å². The first-order valence-electron chi connectivity index (χ1n) is 9.58.